The van der Waals surface area contributed by atoms with E-state index < -0.39 is 0 Å². The number of benzene rings is 1. The molecule has 1 amide bonds. The second-order valence-electron chi connectivity index (χ2n) is 5.05. The number of carbonyl (C=O) groups is 1. The van der Waals surface area contributed by atoms with Gasteiger partial charge in [-0.05, 0) is 37.3 Å². The van der Waals surface area contributed by atoms with Gasteiger partial charge in [0.15, 0.2) is 6.61 Å². The fourth-order valence-electron chi connectivity index (χ4n) is 2.32. The van der Waals surface area contributed by atoms with Crippen LogP contribution in [0.3, 0.4) is 0 Å². The third-order valence-electron chi connectivity index (χ3n) is 3.32. The summed E-state index contributed by atoms with van der Waals surface area (Å²) in [7, 11) is 0. The Bertz CT molecular complexity index is 465. The molecule has 2 unspecified atom stereocenters. The lowest BCUT2D eigenvalue weighted by Gasteiger charge is -2.13. The predicted molar refractivity (Wildman–Crippen MR) is 76.9 cm³/mol. The van der Waals surface area contributed by atoms with Gasteiger partial charge in [-0.1, -0.05) is 30.1 Å². The van der Waals surface area contributed by atoms with Crippen LogP contribution < -0.4 is 10.1 Å². The highest BCUT2D eigenvalue weighted by atomic mass is 35.5. The number of amides is 1. The van der Waals surface area contributed by atoms with Crippen molar-refractivity contribution in [1.29, 1.82) is 0 Å². The largest absolute Gasteiger partial charge is 0.484 e. The van der Waals surface area contributed by atoms with Gasteiger partial charge < -0.3 is 10.1 Å². The first-order valence-electron chi connectivity index (χ1n) is 6.42. The first-order valence-corrected chi connectivity index (χ1v) is 7.17. The van der Waals surface area contributed by atoms with Crippen molar-refractivity contribution in [3.05, 3.63) is 28.2 Å². The van der Waals surface area contributed by atoms with E-state index in [1.165, 1.54) is 6.42 Å². The van der Waals surface area contributed by atoms with Crippen molar-refractivity contribution >= 4 is 29.1 Å². The summed E-state index contributed by atoms with van der Waals surface area (Å²) in [6.45, 7) is 2.21. The Kier molecular flexibility index (Phi) is 4.94. The number of hydrogen-bond acceptors (Lipinski definition) is 2. The maximum Gasteiger partial charge on any atom is 0.258 e. The summed E-state index contributed by atoms with van der Waals surface area (Å²) in [5.41, 5.74) is 0. The molecule has 2 rings (SSSR count). The minimum absolute atomic E-state index is 0.00282. The van der Waals surface area contributed by atoms with E-state index in [1.54, 1.807) is 18.2 Å². The maximum absolute atomic E-state index is 11.7. The number of rotatable bonds is 4. The Labute approximate surface area is 123 Å². The molecule has 104 valence electrons. The van der Waals surface area contributed by atoms with Crippen LogP contribution >= 0.6 is 23.2 Å². The Hall–Kier alpha value is -0.930. The standard InChI is InChI=1S/C14H17Cl2NO2/c1-9-2-3-10(6-9)17-14(18)8-19-11-4-5-12(15)13(16)7-11/h4-5,7,9-10H,2-3,6,8H2,1H3,(H,17,18). The molecule has 0 spiro atoms. The fraction of sp³-hybridized carbons (Fsp3) is 0.500. The van der Waals surface area contributed by atoms with Gasteiger partial charge in [0.1, 0.15) is 5.75 Å². The lowest BCUT2D eigenvalue weighted by Crippen LogP contribution is -2.36. The average molecular weight is 302 g/mol. The maximum atomic E-state index is 11.7. The molecule has 1 saturated carbocycles. The Balaban J connectivity index is 1.78. The molecular weight excluding hydrogens is 285 g/mol. The van der Waals surface area contributed by atoms with Crippen molar-refractivity contribution in [2.75, 3.05) is 6.61 Å². The van der Waals surface area contributed by atoms with Gasteiger partial charge in [-0.25, -0.2) is 0 Å². The first-order chi connectivity index (χ1) is 9.04. The van der Waals surface area contributed by atoms with Crippen LogP contribution in [0.2, 0.25) is 10.0 Å². The summed E-state index contributed by atoms with van der Waals surface area (Å²) in [6, 6.07) is 5.24. The molecule has 5 heteroatoms. The SMILES string of the molecule is CC1CCC(NC(=O)COc2ccc(Cl)c(Cl)c2)C1. The Morgan fingerprint density at radius 1 is 1.37 bits per heavy atom. The molecule has 0 radical (unpaired) electrons. The van der Waals surface area contributed by atoms with Crippen molar-refractivity contribution in [3.63, 3.8) is 0 Å². The van der Waals surface area contributed by atoms with Gasteiger partial charge in [-0.15, -0.1) is 0 Å². The van der Waals surface area contributed by atoms with E-state index in [2.05, 4.69) is 12.2 Å². The molecule has 3 nitrogen and oxygen atoms in total. The van der Waals surface area contributed by atoms with Gasteiger partial charge in [0.05, 0.1) is 10.0 Å². The van der Waals surface area contributed by atoms with Gasteiger partial charge in [-0.3, -0.25) is 4.79 Å². The molecule has 1 N–H and O–H groups in total. The Morgan fingerprint density at radius 3 is 2.79 bits per heavy atom. The molecule has 1 aromatic rings. The van der Waals surface area contributed by atoms with Crippen LogP contribution in [0.1, 0.15) is 26.2 Å². The number of carbonyl (C=O) groups excluding carboxylic acids is 1. The molecule has 1 aliphatic carbocycles. The topological polar surface area (TPSA) is 38.3 Å². The zero-order valence-corrected chi connectivity index (χ0v) is 12.3. The van der Waals surface area contributed by atoms with Crippen LogP contribution in [0.25, 0.3) is 0 Å². The second-order valence-corrected chi connectivity index (χ2v) is 5.86. The Morgan fingerprint density at radius 2 is 2.16 bits per heavy atom. The van der Waals surface area contributed by atoms with Crippen LogP contribution in [-0.4, -0.2) is 18.6 Å². The van der Waals surface area contributed by atoms with E-state index in [1.807, 2.05) is 0 Å². The van der Waals surface area contributed by atoms with Crippen LogP contribution in [0, 0.1) is 5.92 Å². The molecule has 0 bridgehead atoms. The fourth-order valence-corrected chi connectivity index (χ4v) is 2.61. The summed E-state index contributed by atoms with van der Waals surface area (Å²) in [4.78, 5) is 11.7. The number of hydrogen-bond donors (Lipinski definition) is 1. The summed E-state index contributed by atoms with van der Waals surface area (Å²) in [5.74, 6) is 1.15. The average Bonchev–Trinajstić information content (AvgIpc) is 2.76. The third kappa shape index (κ3) is 4.29. The van der Waals surface area contributed by atoms with Gasteiger partial charge >= 0.3 is 0 Å². The first kappa shape index (κ1) is 14.5. The van der Waals surface area contributed by atoms with Crippen molar-refractivity contribution in [1.82, 2.24) is 5.32 Å². The van der Waals surface area contributed by atoms with Crippen molar-refractivity contribution < 1.29 is 9.53 Å². The van der Waals surface area contributed by atoms with Gasteiger partial charge in [0, 0.05) is 12.1 Å². The quantitative estimate of drug-likeness (QED) is 0.921. The van der Waals surface area contributed by atoms with E-state index in [9.17, 15) is 4.79 Å². The number of ether oxygens (including phenoxy) is 1. The number of nitrogens with one attached hydrogen (secondary N) is 1. The van der Waals surface area contributed by atoms with Gasteiger partial charge in [0.2, 0.25) is 0 Å². The van der Waals surface area contributed by atoms with Gasteiger partial charge in [-0.2, -0.15) is 0 Å². The normalized spacial score (nSPS) is 22.3. The zero-order valence-electron chi connectivity index (χ0n) is 10.8. The predicted octanol–water partition coefficient (Wildman–Crippen LogP) is 3.68. The molecule has 1 aromatic carbocycles. The molecule has 1 fully saturated rings. The number of halogens is 2. The molecule has 1 aliphatic rings. The summed E-state index contributed by atoms with van der Waals surface area (Å²) in [6.07, 6.45) is 3.29. The summed E-state index contributed by atoms with van der Waals surface area (Å²) < 4.78 is 5.39. The summed E-state index contributed by atoms with van der Waals surface area (Å²) in [5, 5.41) is 3.87. The molecule has 0 saturated heterocycles. The highest BCUT2D eigenvalue weighted by molar-refractivity contribution is 6.42. The molecule has 0 aliphatic heterocycles. The van der Waals surface area contributed by atoms with E-state index in [0.717, 1.165) is 12.8 Å². The molecule has 0 aromatic heterocycles. The third-order valence-corrected chi connectivity index (χ3v) is 4.06. The van der Waals surface area contributed by atoms with Crippen LogP contribution in [0.15, 0.2) is 18.2 Å². The second kappa shape index (κ2) is 6.49. The van der Waals surface area contributed by atoms with Crippen LogP contribution in [0.5, 0.6) is 5.75 Å². The minimum atomic E-state index is -0.0924. The molecular formula is C14H17Cl2NO2. The highest BCUT2D eigenvalue weighted by Gasteiger charge is 2.22. The lowest BCUT2D eigenvalue weighted by molar-refractivity contribution is -0.123. The zero-order chi connectivity index (χ0) is 13.8. The molecule has 2 atom stereocenters. The van der Waals surface area contributed by atoms with Crippen molar-refractivity contribution in [2.24, 2.45) is 5.92 Å². The van der Waals surface area contributed by atoms with Crippen LogP contribution in [-0.2, 0) is 4.79 Å². The molecule has 19 heavy (non-hydrogen) atoms. The lowest BCUT2D eigenvalue weighted by atomic mass is 10.1. The monoisotopic (exact) mass is 301 g/mol. The van der Waals surface area contributed by atoms with E-state index in [4.69, 9.17) is 27.9 Å². The molecule has 0 heterocycles. The van der Waals surface area contributed by atoms with Crippen molar-refractivity contribution in [2.45, 2.75) is 32.2 Å². The van der Waals surface area contributed by atoms with Gasteiger partial charge in [0.25, 0.3) is 5.91 Å². The van der Waals surface area contributed by atoms with E-state index >= 15 is 0 Å². The highest BCUT2D eigenvalue weighted by Crippen LogP contribution is 2.26. The van der Waals surface area contributed by atoms with Crippen LogP contribution in [0.4, 0.5) is 0 Å². The van der Waals surface area contributed by atoms with E-state index in [-0.39, 0.29) is 12.5 Å². The van der Waals surface area contributed by atoms with Crippen molar-refractivity contribution in [3.8, 4) is 5.75 Å². The van der Waals surface area contributed by atoms with E-state index in [0.29, 0.717) is 27.8 Å². The summed E-state index contributed by atoms with van der Waals surface area (Å²) >= 11 is 11.7. The minimum Gasteiger partial charge on any atom is -0.484 e. The smallest absolute Gasteiger partial charge is 0.258 e.